The molecule has 0 amide bonds. The fourth-order valence-corrected chi connectivity index (χ4v) is 7.62. The first-order valence-corrected chi connectivity index (χ1v) is 19.1. The fourth-order valence-electron chi connectivity index (χ4n) is 7.62. The SMILES string of the molecule is c1ccc(-c2ccc(-c3nc(-c4ccc(-c5cnc6c(ccc7cccnc76)c5)cc4)nc(-c4ccc(-c5cnc6c(ccc7cccnc76)c5)cc4)n3)cc2)cc1. The van der Waals surface area contributed by atoms with Crippen LogP contribution in [0.3, 0.4) is 0 Å². The summed E-state index contributed by atoms with van der Waals surface area (Å²) in [7, 11) is 0. The predicted octanol–water partition coefficient (Wildman–Crippen LogP) is 12.1. The van der Waals surface area contributed by atoms with Gasteiger partial charge in [-0.3, -0.25) is 19.9 Å². The van der Waals surface area contributed by atoms with Crippen molar-refractivity contribution in [3.8, 4) is 67.5 Å². The molecule has 7 nitrogen and oxygen atoms in total. The summed E-state index contributed by atoms with van der Waals surface area (Å²) in [6, 6.07) is 56.2. The molecule has 58 heavy (non-hydrogen) atoms. The zero-order valence-electron chi connectivity index (χ0n) is 31.0. The lowest BCUT2D eigenvalue weighted by Gasteiger charge is -2.11. The molecule has 0 bridgehead atoms. The molecule has 0 atom stereocenters. The van der Waals surface area contributed by atoms with Crippen LogP contribution in [0.1, 0.15) is 0 Å². The summed E-state index contributed by atoms with van der Waals surface area (Å²) in [5.41, 5.74) is 12.7. The van der Waals surface area contributed by atoms with Gasteiger partial charge in [0.1, 0.15) is 0 Å². The Morgan fingerprint density at radius 3 is 1.02 bits per heavy atom. The van der Waals surface area contributed by atoms with Crippen LogP contribution in [0.5, 0.6) is 0 Å². The average Bonchev–Trinajstić information content (AvgIpc) is 3.31. The lowest BCUT2D eigenvalue weighted by atomic mass is 10.0. The van der Waals surface area contributed by atoms with Gasteiger partial charge >= 0.3 is 0 Å². The number of fused-ring (bicyclic) bond motifs is 6. The highest BCUT2D eigenvalue weighted by Gasteiger charge is 2.15. The molecule has 0 saturated carbocycles. The van der Waals surface area contributed by atoms with E-state index in [9.17, 15) is 0 Å². The second-order valence-electron chi connectivity index (χ2n) is 14.3. The van der Waals surface area contributed by atoms with E-state index in [0.717, 1.165) is 93.7 Å². The van der Waals surface area contributed by atoms with Crippen LogP contribution < -0.4 is 0 Å². The Labute approximate surface area is 333 Å². The van der Waals surface area contributed by atoms with Crippen molar-refractivity contribution in [1.82, 2.24) is 34.9 Å². The highest BCUT2D eigenvalue weighted by atomic mass is 15.0. The Kier molecular flexibility index (Phi) is 8.00. The molecule has 0 unspecified atom stereocenters. The van der Waals surface area contributed by atoms with Gasteiger partial charge in [0.25, 0.3) is 0 Å². The zero-order chi connectivity index (χ0) is 38.4. The number of pyridine rings is 4. The van der Waals surface area contributed by atoms with Crippen LogP contribution in [0.25, 0.3) is 111 Å². The molecule has 7 heteroatoms. The number of hydrogen-bond donors (Lipinski definition) is 0. The van der Waals surface area contributed by atoms with Gasteiger partial charge in [-0.15, -0.1) is 0 Å². The van der Waals surface area contributed by atoms with Gasteiger partial charge in [0.2, 0.25) is 0 Å². The van der Waals surface area contributed by atoms with Gasteiger partial charge < -0.3 is 0 Å². The molecule has 0 aliphatic carbocycles. The van der Waals surface area contributed by atoms with Gasteiger partial charge in [0, 0.05) is 74.1 Å². The third-order valence-corrected chi connectivity index (χ3v) is 10.7. The minimum Gasteiger partial charge on any atom is -0.254 e. The molecular formula is C51H31N7. The number of benzene rings is 6. The second-order valence-corrected chi connectivity index (χ2v) is 14.3. The Bertz CT molecular complexity index is 3130. The monoisotopic (exact) mass is 741 g/mol. The first kappa shape index (κ1) is 33.3. The molecule has 270 valence electrons. The highest BCUT2D eigenvalue weighted by Crippen LogP contribution is 2.32. The van der Waals surface area contributed by atoms with Crippen LogP contribution in [-0.2, 0) is 0 Å². The molecule has 0 N–H and O–H groups in total. The van der Waals surface area contributed by atoms with E-state index in [1.54, 1.807) is 0 Å². The lowest BCUT2D eigenvalue weighted by Crippen LogP contribution is -2.00. The number of rotatable bonds is 6. The summed E-state index contributed by atoms with van der Waals surface area (Å²) in [4.78, 5) is 33.9. The van der Waals surface area contributed by atoms with Gasteiger partial charge in [-0.2, -0.15) is 0 Å². The largest absolute Gasteiger partial charge is 0.254 e. The summed E-state index contributed by atoms with van der Waals surface area (Å²) >= 11 is 0. The van der Waals surface area contributed by atoms with Gasteiger partial charge in [-0.05, 0) is 46.5 Å². The van der Waals surface area contributed by atoms with E-state index in [4.69, 9.17) is 24.9 Å². The van der Waals surface area contributed by atoms with Crippen LogP contribution in [0.2, 0.25) is 0 Å². The maximum Gasteiger partial charge on any atom is 0.164 e. The van der Waals surface area contributed by atoms with Crippen molar-refractivity contribution in [2.75, 3.05) is 0 Å². The van der Waals surface area contributed by atoms with E-state index in [-0.39, 0.29) is 0 Å². The lowest BCUT2D eigenvalue weighted by molar-refractivity contribution is 1.07. The summed E-state index contributed by atoms with van der Waals surface area (Å²) in [6.07, 6.45) is 7.46. The average molecular weight is 742 g/mol. The summed E-state index contributed by atoms with van der Waals surface area (Å²) in [5, 5.41) is 4.25. The Morgan fingerprint density at radius 1 is 0.241 bits per heavy atom. The van der Waals surface area contributed by atoms with E-state index in [0.29, 0.717) is 17.5 Å². The first-order valence-electron chi connectivity index (χ1n) is 19.1. The van der Waals surface area contributed by atoms with Crippen molar-refractivity contribution in [3.05, 3.63) is 189 Å². The third-order valence-electron chi connectivity index (χ3n) is 10.7. The number of hydrogen-bond acceptors (Lipinski definition) is 7. The Hall–Kier alpha value is -8.03. The topological polar surface area (TPSA) is 90.2 Å². The molecule has 0 aliphatic rings. The molecule has 11 rings (SSSR count). The van der Waals surface area contributed by atoms with Crippen LogP contribution >= 0.6 is 0 Å². The van der Waals surface area contributed by atoms with E-state index in [2.05, 4.69) is 156 Å². The van der Waals surface area contributed by atoms with E-state index >= 15 is 0 Å². The van der Waals surface area contributed by atoms with Crippen molar-refractivity contribution in [1.29, 1.82) is 0 Å². The van der Waals surface area contributed by atoms with E-state index in [1.807, 2.05) is 43.0 Å². The Balaban J connectivity index is 0.953. The van der Waals surface area contributed by atoms with Crippen molar-refractivity contribution in [2.45, 2.75) is 0 Å². The van der Waals surface area contributed by atoms with E-state index < -0.39 is 0 Å². The van der Waals surface area contributed by atoms with Crippen LogP contribution in [0, 0.1) is 0 Å². The standard InChI is InChI=1S/C51H31N7/c1-2-6-32(7-3-1)33-10-18-38(19-11-33)49-56-50(39-20-12-34(13-21-39)43-28-41-24-16-36-8-4-26-52-45(36)47(41)54-30-43)58-51(57-49)40-22-14-35(15-23-40)44-29-42-25-17-37-9-5-27-53-46(37)48(42)55-31-44/h1-31H. The highest BCUT2D eigenvalue weighted by molar-refractivity contribution is 6.04. The van der Waals surface area contributed by atoms with Crippen LogP contribution in [0.15, 0.2) is 189 Å². The van der Waals surface area contributed by atoms with Gasteiger partial charge in [-0.1, -0.05) is 140 Å². The smallest absolute Gasteiger partial charge is 0.164 e. The van der Waals surface area contributed by atoms with Crippen LogP contribution in [-0.4, -0.2) is 34.9 Å². The van der Waals surface area contributed by atoms with Crippen molar-refractivity contribution < 1.29 is 0 Å². The third kappa shape index (κ3) is 6.08. The molecule has 6 aromatic carbocycles. The summed E-state index contributed by atoms with van der Waals surface area (Å²) in [5.74, 6) is 1.79. The fraction of sp³-hybridized carbons (Fsp3) is 0. The van der Waals surface area contributed by atoms with Crippen molar-refractivity contribution in [3.63, 3.8) is 0 Å². The molecule has 0 saturated heterocycles. The van der Waals surface area contributed by atoms with Crippen molar-refractivity contribution >= 4 is 43.6 Å². The maximum absolute atomic E-state index is 5.05. The summed E-state index contributed by atoms with van der Waals surface area (Å²) in [6.45, 7) is 0. The Morgan fingerprint density at radius 2 is 0.586 bits per heavy atom. The predicted molar refractivity (Wildman–Crippen MR) is 234 cm³/mol. The zero-order valence-corrected chi connectivity index (χ0v) is 31.0. The van der Waals surface area contributed by atoms with E-state index in [1.165, 1.54) is 0 Å². The first-order chi connectivity index (χ1) is 28.7. The molecule has 0 spiro atoms. The summed E-state index contributed by atoms with van der Waals surface area (Å²) < 4.78 is 0. The minimum atomic E-state index is 0.594. The number of aromatic nitrogens is 7. The van der Waals surface area contributed by atoms with Crippen LogP contribution in [0.4, 0.5) is 0 Å². The second kappa shape index (κ2) is 13.9. The molecule has 11 aromatic rings. The molecule has 0 aliphatic heterocycles. The van der Waals surface area contributed by atoms with Gasteiger partial charge in [0.15, 0.2) is 17.5 Å². The molecule has 5 heterocycles. The minimum absolute atomic E-state index is 0.594. The van der Waals surface area contributed by atoms with Gasteiger partial charge in [0.05, 0.1) is 22.1 Å². The molecule has 5 aromatic heterocycles. The molecular weight excluding hydrogens is 711 g/mol. The van der Waals surface area contributed by atoms with Gasteiger partial charge in [-0.25, -0.2) is 15.0 Å². The quantitative estimate of drug-likeness (QED) is 0.157. The molecule has 0 fully saturated rings. The normalized spacial score (nSPS) is 11.4. The van der Waals surface area contributed by atoms with Crippen molar-refractivity contribution in [2.24, 2.45) is 0 Å². The maximum atomic E-state index is 5.05. The number of nitrogens with zero attached hydrogens (tertiary/aromatic N) is 7. The molecule has 0 radical (unpaired) electrons.